The van der Waals surface area contributed by atoms with Crippen molar-refractivity contribution in [2.24, 2.45) is 17.8 Å². The van der Waals surface area contributed by atoms with E-state index in [1.165, 1.54) is 90.1 Å². The third-order valence-corrected chi connectivity index (χ3v) is 7.91. The normalized spacial score (nSPS) is 38.6. The summed E-state index contributed by atoms with van der Waals surface area (Å²) in [5.41, 5.74) is 0. The topological polar surface area (TPSA) is 23.6 Å². The molecular formula is C22H38N2O. The van der Waals surface area contributed by atoms with Gasteiger partial charge in [-0.1, -0.05) is 32.1 Å². The lowest BCUT2D eigenvalue weighted by molar-refractivity contribution is -0.126. The Labute approximate surface area is 154 Å². The van der Waals surface area contributed by atoms with E-state index in [4.69, 9.17) is 0 Å². The number of nitrogens with zero attached hydrogens (tertiary/aromatic N) is 2. The van der Waals surface area contributed by atoms with Crippen molar-refractivity contribution >= 4 is 5.78 Å². The molecule has 25 heavy (non-hydrogen) atoms. The predicted octanol–water partition coefficient (Wildman–Crippen LogP) is 4.46. The fraction of sp³-hybridized carbons (Fsp3) is 0.955. The molecule has 0 spiro atoms. The first kappa shape index (κ1) is 18.0. The molecule has 0 aromatic rings. The predicted molar refractivity (Wildman–Crippen MR) is 102 cm³/mol. The summed E-state index contributed by atoms with van der Waals surface area (Å²) >= 11 is 0. The maximum Gasteiger partial charge on any atom is 0.149 e. The first-order chi connectivity index (χ1) is 12.2. The number of carbonyl (C=O) groups excluding carboxylic acids is 1. The molecule has 2 saturated heterocycles. The average Bonchev–Trinajstić information content (AvgIpc) is 2.98. The Hall–Kier alpha value is -0.410. The molecule has 2 unspecified atom stereocenters. The largest absolute Gasteiger partial charge is 0.298 e. The Balaban J connectivity index is 1.27. The number of Topliss-reactive ketones (excluding diaryl/α,β-unsaturated/α-hetero) is 1. The van der Waals surface area contributed by atoms with E-state index >= 15 is 0 Å². The first-order valence-electron chi connectivity index (χ1n) is 11.2. The van der Waals surface area contributed by atoms with Crippen molar-refractivity contribution < 1.29 is 4.79 Å². The van der Waals surface area contributed by atoms with Crippen LogP contribution in [0.25, 0.3) is 0 Å². The molecular weight excluding hydrogens is 308 g/mol. The molecule has 3 nitrogen and oxygen atoms in total. The van der Waals surface area contributed by atoms with Crippen molar-refractivity contribution in [3.05, 3.63) is 0 Å². The summed E-state index contributed by atoms with van der Waals surface area (Å²) in [5, 5.41) is 0. The molecule has 0 bridgehead atoms. The van der Waals surface area contributed by atoms with Gasteiger partial charge >= 0.3 is 0 Å². The summed E-state index contributed by atoms with van der Waals surface area (Å²) in [6.07, 6.45) is 16.8. The van der Waals surface area contributed by atoms with Crippen LogP contribution >= 0.6 is 0 Å². The van der Waals surface area contributed by atoms with Gasteiger partial charge in [0.2, 0.25) is 0 Å². The first-order valence-corrected chi connectivity index (χ1v) is 11.2. The molecule has 0 radical (unpaired) electrons. The van der Waals surface area contributed by atoms with Crippen LogP contribution in [0.15, 0.2) is 0 Å². The van der Waals surface area contributed by atoms with Crippen molar-refractivity contribution in [2.75, 3.05) is 19.6 Å². The summed E-state index contributed by atoms with van der Waals surface area (Å²) < 4.78 is 0. The molecule has 2 atom stereocenters. The smallest absolute Gasteiger partial charge is 0.149 e. The van der Waals surface area contributed by atoms with Gasteiger partial charge in [0.1, 0.15) is 5.78 Å². The van der Waals surface area contributed by atoms with Crippen molar-refractivity contribution in [3.63, 3.8) is 0 Å². The quantitative estimate of drug-likeness (QED) is 0.751. The van der Waals surface area contributed by atoms with Crippen molar-refractivity contribution in [1.29, 1.82) is 0 Å². The molecule has 0 N–H and O–H groups in total. The lowest BCUT2D eigenvalue weighted by Gasteiger charge is -2.37. The minimum absolute atomic E-state index is 0.365. The molecule has 4 fully saturated rings. The standard InChI is InChI=1S/C22H38N2O/c1-17-15-23-14-6-5-9-22(23)24(17)16-21(25)20-12-10-19(11-13-20)18-7-3-2-4-8-18/h17-20,22H,2-16H2,1H3. The molecule has 0 amide bonds. The third kappa shape index (κ3) is 3.98. The van der Waals surface area contributed by atoms with Gasteiger partial charge in [-0.25, -0.2) is 0 Å². The van der Waals surface area contributed by atoms with Crippen LogP contribution in [-0.2, 0) is 4.79 Å². The Morgan fingerprint density at radius 2 is 1.52 bits per heavy atom. The molecule has 2 aliphatic heterocycles. The van der Waals surface area contributed by atoms with Crippen LogP contribution < -0.4 is 0 Å². The molecule has 0 aromatic heterocycles. The van der Waals surface area contributed by atoms with Gasteiger partial charge in [-0.3, -0.25) is 14.6 Å². The second-order valence-corrected chi connectivity index (χ2v) is 9.47. The maximum atomic E-state index is 13.0. The number of rotatable bonds is 4. The van der Waals surface area contributed by atoms with Gasteiger partial charge in [0, 0.05) is 18.5 Å². The summed E-state index contributed by atoms with van der Waals surface area (Å²) in [5.74, 6) is 2.84. The van der Waals surface area contributed by atoms with Crippen LogP contribution in [0.1, 0.15) is 84.0 Å². The number of hydrogen-bond donors (Lipinski definition) is 0. The van der Waals surface area contributed by atoms with Crippen LogP contribution in [0.4, 0.5) is 0 Å². The zero-order chi connectivity index (χ0) is 17.2. The van der Waals surface area contributed by atoms with Gasteiger partial charge in [0.05, 0.1) is 12.7 Å². The SMILES string of the molecule is CC1CN2CCCCC2N1CC(=O)C1CCC(C2CCCCC2)CC1. The van der Waals surface area contributed by atoms with Gasteiger partial charge in [-0.05, 0) is 70.3 Å². The fourth-order valence-corrected chi connectivity index (χ4v) is 6.39. The van der Waals surface area contributed by atoms with Crippen molar-refractivity contribution in [2.45, 2.75) is 96.2 Å². The molecule has 0 aromatic carbocycles. The summed E-state index contributed by atoms with van der Waals surface area (Å²) in [4.78, 5) is 18.2. The fourth-order valence-electron chi connectivity index (χ4n) is 6.39. The summed E-state index contributed by atoms with van der Waals surface area (Å²) in [6.45, 7) is 5.46. The van der Waals surface area contributed by atoms with Crippen LogP contribution in [0.3, 0.4) is 0 Å². The highest BCUT2D eigenvalue weighted by atomic mass is 16.1. The zero-order valence-corrected chi connectivity index (χ0v) is 16.3. The van der Waals surface area contributed by atoms with Gasteiger partial charge in [-0.2, -0.15) is 0 Å². The van der Waals surface area contributed by atoms with Crippen LogP contribution in [0, 0.1) is 17.8 Å². The van der Waals surface area contributed by atoms with E-state index < -0.39 is 0 Å². The van der Waals surface area contributed by atoms with E-state index in [0.717, 1.165) is 18.4 Å². The van der Waals surface area contributed by atoms with Crippen LogP contribution in [0.2, 0.25) is 0 Å². The highest BCUT2D eigenvalue weighted by Gasteiger charge is 2.40. The van der Waals surface area contributed by atoms with E-state index in [1.807, 2.05) is 0 Å². The molecule has 4 rings (SSSR count). The molecule has 3 heteroatoms. The van der Waals surface area contributed by atoms with Gasteiger partial charge in [0.15, 0.2) is 0 Å². The monoisotopic (exact) mass is 346 g/mol. The van der Waals surface area contributed by atoms with Crippen molar-refractivity contribution in [3.8, 4) is 0 Å². The Morgan fingerprint density at radius 1 is 0.840 bits per heavy atom. The molecule has 2 aliphatic carbocycles. The molecule has 142 valence electrons. The van der Waals surface area contributed by atoms with E-state index in [9.17, 15) is 4.79 Å². The lowest BCUT2D eigenvalue weighted by Crippen LogP contribution is -2.46. The van der Waals surface area contributed by atoms with Gasteiger partial charge < -0.3 is 0 Å². The summed E-state index contributed by atoms with van der Waals surface area (Å²) in [6, 6.07) is 0.561. The number of fused-ring (bicyclic) bond motifs is 1. The molecule has 2 heterocycles. The van der Waals surface area contributed by atoms with Gasteiger partial charge in [-0.15, -0.1) is 0 Å². The summed E-state index contributed by atoms with van der Waals surface area (Å²) in [7, 11) is 0. The lowest BCUT2D eigenvalue weighted by atomic mass is 9.70. The third-order valence-electron chi connectivity index (χ3n) is 7.91. The maximum absolute atomic E-state index is 13.0. The van der Waals surface area contributed by atoms with Crippen LogP contribution in [-0.4, -0.2) is 47.4 Å². The number of piperidine rings is 1. The highest BCUT2D eigenvalue weighted by Crippen LogP contribution is 2.40. The number of ketones is 1. The molecule has 2 saturated carbocycles. The average molecular weight is 347 g/mol. The van der Waals surface area contributed by atoms with E-state index in [2.05, 4.69) is 16.7 Å². The Bertz CT molecular complexity index is 451. The minimum Gasteiger partial charge on any atom is -0.298 e. The zero-order valence-electron chi connectivity index (χ0n) is 16.3. The van der Waals surface area contributed by atoms with Crippen molar-refractivity contribution in [1.82, 2.24) is 9.80 Å². The van der Waals surface area contributed by atoms with Gasteiger partial charge in [0.25, 0.3) is 0 Å². The Morgan fingerprint density at radius 3 is 2.28 bits per heavy atom. The minimum atomic E-state index is 0.365. The second kappa shape index (κ2) is 8.08. The van der Waals surface area contributed by atoms with E-state index in [-0.39, 0.29) is 0 Å². The van der Waals surface area contributed by atoms with E-state index in [1.54, 1.807) is 0 Å². The second-order valence-electron chi connectivity index (χ2n) is 9.47. The number of hydrogen-bond acceptors (Lipinski definition) is 3. The highest BCUT2D eigenvalue weighted by molar-refractivity contribution is 5.83. The Kier molecular flexibility index (Phi) is 5.81. The number of carbonyl (C=O) groups is 1. The molecule has 4 aliphatic rings. The van der Waals surface area contributed by atoms with Crippen LogP contribution in [0.5, 0.6) is 0 Å². The van der Waals surface area contributed by atoms with E-state index in [0.29, 0.717) is 23.9 Å².